The number of fused-ring (bicyclic) bond motifs is 3. The van der Waals surface area contributed by atoms with Gasteiger partial charge in [-0.15, -0.1) is 10.2 Å². The molecule has 3 aromatic carbocycles. The van der Waals surface area contributed by atoms with Crippen LogP contribution in [0, 0.1) is 10.2 Å². The van der Waals surface area contributed by atoms with Gasteiger partial charge in [0.25, 0.3) is 0 Å². The first-order valence-corrected chi connectivity index (χ1v) is 15.5. The van der Waals surface area contributed by atoms with Gasteiger partial charge >= 0.3 is 0 Å². The summed E-state index contributed by atoms with van der Waals surface area (Å²) in [5.74, 6) is 0. The second-order valence-electron chi connectivity index (χ2n) is 11.9. The first kappa shape index (κ1) is 31.0. The lowest BCUT2D eigenvalue weighted by atomic mass is 9.81. The van der Waals surface area contributed by atoms with Crippen molar-refractivity contribution in [2.45, 2.75) is 38.5 Å². The van der Waals surface area contributed by atoms with Gasteiger partial charge in [0.1, 0.15) is 7.05 Å². The van der Waals surface area contributed by atoms with Crippen LogP contribution in [0.1, 0.15) is 49.9 Å². The van der Waals surface area contributed by atoms with Crippen LogP contribution in [0.4, 0.5) is 11.4 Å². The van der Waals surface area contributed by atoms with E-state index >= 15 is 0 Å². The highest BCUT2D eigenvalue weighted by Crippen LogP contribution is 2.48. The maximum Gasteiger partial charge on any atom is 0.209 e. The Hall–Kier alpha value is -3.49. The van der Waals surface area contributed by atoms with Crippen molar-refractivity contribution >= 4 is 39.8 Å². The molecule has 0 saturated carbocycles. The molecular formula is C35H34Cl2N2O4. The molecule has 1 aliphatic carbocycles. The molecule has 0 spiro atoms. The molecule has 0 radical (unpaired) electrons. The Morgan fingerprint density at radius 1 is 0.744 bits per heavy atom. The van der Waals surface area contributed by atoms with Crippen LogP contribution in [0.15, 0.2) is 108 Å². The topological polar surface area (TPSA) is 98.5 Å². The molecule has 0 unspecified atom stereocenters. The highest BCUT2D eigenvalue weighted by atomic mass is 35.7. The third kappa shape index (κ3) is 5.63. The van der Waals surface area contributed by atoms with Crippen LogP contribution in [-0.2, 0) is 10.8 Å². The summed E-state index contributed by atoms with van der Waals surface area (Å²) in [4.78, 5) is 2.30. The SMILES string of the molecule is CN1C(=CC=C2C(Cl)=C(C=CC3=[N+](C)c4ccccc4C3(C)C)c3ccccc32)C(C)(C)c2ccccc21.[O-][Cl+3]([O-])([O-])[O-]. The van der Waals surface area contributed by atoms with Crippen molar-refractivity contribution in [3.05, 3.63) is 130 Å². The van der Waals surface area contributed by atoms with Crippen molar-refractivity contribution in [2.75, 3.05) is 19.0 Å². The van der Waals surface area contributed by atoms with Gasteiger partial charge in [-0.25, -0.2) is 18.6 Å². The molecule has 43 heavy (non-hydrogen) atoms. The van der Waals surface area contributed by atoms with Crippen molar-refractivity contribution in [3.8, 4) is 0 Å². The van der Waals surface area contributed by atoms with Crippen LogP contribution in [0.5, 0.6) is 0 Å². The summed E-state index contributed by atoms with van der Waals surface area (Å²) in [6.07, 6.45) is 8.91. The van der Waals surface area contributed by atoms with Crippen molar-refractivity contribution < 1.29 is 33.5 Å². The zero-order valence-corrected chi connectivity index (χ0v) is 26.5. The summed E-state index contributed by atoms with van der Waals surface area (Å²) in [6.45, 7) is 9.18. The molecule has 0 fully saturated rings. The van der Waals surface area contributed by atoms with E-state index in [1.165, 1.54) is 45.0 Å². The van der Waals surface area contributed by atoms with Gasteiger partial charge in [-0.2, -0.15) is 4.58 Å². The lowest BCUT2D eigenvalue weighted by molar-refractivity contribution is -2.00. The molecule has 0 atom stereocenters. The molecular weight excluding hydrogens is 583 g/mol. The highest BCUT2D eigenvalue weighted by molar-refractivity contribution is 6.42. The van der Waals surface area contributed by atoms with Gasteiger partial charge < -0.3 is 4.90 Å². The Morgan fingerprint density at radius 3 is 1.93 bits per heavy atom. The molecule has 3 aliphatic rings. The second-order valence-corrected chi connectivity index (χ2v) is 13.0. The predicted octanol–water partition coefficient (Wildman–Crippen LogP) is 3.85. The minimum atomic E-state index is -4.94. The summed E-state index contributed by atoms with van der Waals surface area (Å²) in [5, 5.41) is 0.798. The number of allylic oxidation sites excluding steroid dienone is 8. The van der Waals surface area contributed by atoms with Crippen molar-refractivity contribution in [3.63, 3.8) is 0 Å². The maximum absolute atomic E-state index is 8.49. The largest absolute Gasteiger partial charge is 0.347 e. The fourth-order valence-corrected chi connectivity index (χ4v) is 6.92. The Bertz CT molecular complexity index is 1750. The Balaban J connectivity index is 0.000000682. The monoisotopic (exact) mass is 616 g/mol. The van der Waals surface area contributed by atoms with Crippen LogP contribution in [0.3, 0.4) is 0 Å². The summed E-state index contributed by atoms with van der Waals surface area (Å²) >= 11 is 7.17. The summed E-state index contributed by atoms with van der Waals surface area (Å²) in [5.41, 5.74) is 12.1. The van der Waals surface area contributed by atoms with Gasteiger partial charge in [-0.1, -0.05) is 92.2 Å². The highest BCUT2D eigenvalue weighted by Gasteiger charge is 2.43. The number of hydrogen-bond acceptors (Lipinski definition) is 5. The first-order chi connectivity index (χ1) is 20.1. The maximum atomic E-state index is 8.49. The molecule has 0 bridgehead atoms. The minimum Gasteiger partial charge on any atom is -0.347 e. The second kappa shape index (κ2) is 11.2. The number of para-hydroxylation sites is 2. The van der Waals surface area contributed by atoms with Gasteiger partial charge in [0.05, 0.1) is 10.4 Å². The molecule has 0 N–H and O–H groups in total. The smallest absolute Gasteiger partial charge is 0.209 e. The Morgan fingerprint density at radius 2 is 1.30 bits per heavy atom. The minimum absolute atomic E-state index is 0.0796. The van der Waals surface area contributed by atoms with Crippen LogP contribution >= 0.6 is 11.6 Å². The lowest BCUT2D eigenvalue weighted by Gasteiger charge is -2.23. The number of nitrogens with zero attached hydrogens (tertiary/aromatic N) is 2. The third-order valence-corrected chi connectivity index (χ3v) is 9.08. The van der Waals surface area contributed by atoms with Crippen LogP contribution in [0.25, 0.3) is 11.1 Å². The lowest BCUT2D eigenvalue weighted by Crippen LogP contribution is -2.68. The average molecular weight is 618 g/mol. The summed E-state index contributed by atoms with van der Waals surface area (Å²) in [7, 11) is -0.636. The van der Waals surface area contributed by atoms with Crippen LogP contribution in [0.2, 0.25) is 0 Å². The summed E-state index contributed by atoms with van der Waals surface area (Å²) in [6, 6.07) is 25.9. The van der Waals surface area contributed by atoms with E-state index < -0.39 is 10.2 Å². The number of likely N-dealkylation sites (N-methyl/N-ethyl adjacent to an activating group) is 1. The average Bonchev–Trinajstić information content (AvgIpc) is 3.40. The quantitative estimate of drug-likeness (QED) is 0.416. The zero-order chi connectivity index (χ0) is 31.3. The number of halogens is 2. The van der Waals surface area contributed by atoms with Gasteiger partial charge in [0.2, 0.25) is 5.69 Å². The number of benzene rings is 3. The van der Waals surface area contributed by atoms with Crippen LogP contribution < -0.4 is 23.5 Å². The van der Waals surface area contributed by atoms with E-state index in [4.69, 9.17) is 30.2 Å². The van der Waals surface area contributed by atoms with E-state index in [0.29, 0.717) is 0 Å². The fraction of sp³-hybridized carbons (Fsp3) is 0.229. The number of anilines is 1. The molecule has 2 heterocycles. The molecule has 2 aliphatic heterocycles. The zero-order valence-electron chi connectivity index (χ0n) is 25.0. The molecule has 222 valence electrons. The molecule has 8 heteroatoms. The van der Waals surface area contributed by atoms with E-state index in [1.807, 2.05) is 0 Å². The van der Waals surface area contributed by atoms with Crippen LogP contribution in [-0.4, -0.2) is 24.4 Å². The van der Waals surface area contributed by atoms with Crippen molar-refractivity contribution in [1.29, 1.82) is 0 Å². The molecule has 3 aromatic rings. The number of hydrogen-bond donors (Lipinski definition) is 0. The van der Waals surface area contributed by atoms with Crippen molar-refractivity contribution in [2.24, 2.45) is 0 Å². The van der Waals surface area contributed by atoms with Crippen molar-refractivity contribution in [1.82, 2.24) is 0 Å². The molecule has 6 nitrogen and oxygen atoms in total. The van der Waals surface area contributed by atoms with E-state index in [-0.39, 0.29) is 10.8 Å². The normalized spacial score (nSPS) is 20.1. The van der Waals surface area contributed by atoms with E-state index in [1.54, 1.807) is 0 Å². The molecule has 0 saturated heterocycles. The molecule has 6 rings (SSSR count). The van der Waals surface area contributed by atoms with E-state index in [2.05, 4.69) is 148 Å². The van der Waals surface area contributed by atoms with Gasteiger partial charge in [-0.05, 0) is 48.8 Å². The number of rotatable bonds is 3. The van der Waals surface area contributed by atoms with Gasteiger partial charge in [0, 0.05) is 52.7 Å². The Kier molecular flexibility index (Phi) is 8.07. The fourth-order valence-electron chi connectivity index (χ4n) is 6.59. The van der Waals surface area contributed by atoms with E-state index in [0.717, 1.165) is 16.2 Å². The first-order valence-electron chi connectivity index (χ1n) is 13.9. The van der Waals surface area contributed by atoms with Gasteiger partial charge in [-0.3, -0.25) is 0 Å². The summed E-state index contributed by atoms with van der Waals surface area (Å²) < 4.78 is 36.3. The molecule has 0 aromatic heterocycles. The van der Waals surface area contributed by atoms with E-state index in [9.17, 15) is 0 Å². The standard InChI is InChI=1S/C35H34ClN2.ClHO4/c1-34(2)27-15-9-11-17-29(27)37(5)31(34)21-19-25-23-13-7-8-14-24(23)26(33(25)36)20-22-32-35(3,4)28-16-10-12-18-30(28)38(32)6;2-1(3,4)5/h7-22H,1-6H3;(H,2,3,4,5)/q+1;/p-1. The third-order valence-electron chi connectivity index (χ3n) is 8.68. The van der Waals surface area contributed by atoms with Gasteiger partial charge in [0.15, 0.2) is 5.71 Å². The Labute approximate surface area is 260 Å². The predicted molar refractivity (Wildman–Crippen MR) is 163 cm³/mol. The molecule has 0 amide bonds.